The predicted octanol–water partition coefficient (Wildman–Crippen LogP) is 1.29. The Labute approximate surface area is 112 Å². The first kappa shape index (κ1) is 15.3. The minimum Gasteiger partial charge on any atom is -0.378 e. The van der Waals surface area contributed by atoms with Gasteiger partial charge in [-0.25, -0.2) is 4.98 Å². The lowest BCUT2D eigenvalue weighted by Crippen LogP contribution is -2.20. The van der Waals surface area contributed by atoms with E-state index in [2.05, 4.69) is 15.2 Å². The van der Waals surface area contributed by atoms with E-state index < -0.39 is 4.92 Å². The van der Waals surface area contributed by atoms with Crippen molar-refractivity contribution in [3.05, 3.63) is 27.9 Å². The molecule has 0 aliphatic heterocycles. The molecule has 0 bridgehead atoms. The van der Waals surface area contributed by atoms with Crippen LogP contribution >= 0.6 is 0 Å². The minimum atomic E-state index is -0.434. The molecule has 0 radical (unpaired) electrons. The third kappa shape index (κ3) is 5.62. The van der Waals surface area contributed by atoms with Crippen molar-refractivity contribution in [3.8, 4) is 0 Å². The highest BCUT2D eigenvalue weighted by Gasteiger charge is 2.11. The quantitative estimate of drug-likeness (QED) is 0.434. The van der Waals surface area contributed by atoms with Crippen LogP contribution in [0.4, 0.5) is 11.5 Å². The second-order valence-electron chi connectivity index (χ2n) is 4.40. The number of rotatable bonds is 8. The van der Waals surface area contributed by atoms with E-state index in [9.17, 15) is 10.1 Å². The zero-order valence-electron chi connectivity index (χ0n) is 11.5. The number of ether oxygens (including phenoxy) is 1. The summed E-state index contributed by atoms with van der Waals surface area (Å²) >= 11 is 0. The van der Waals surface area contributed by atoms with E-state index >= 15 is 0 Å². The highest BCUT2D eigenvalue weighted by Crippen LogP contribution is 2.17. The number of nitro groups is 1. The highest BCUT2D eigenvalue weighted by molar-refractivity contribution is 5.44. The molecule has 1 aromatic heterocycles. The van der Waals surface area contributed by atoms with Gasteiger partial charge in [-0.3, -0.25) is 10.1 Å². The Bertz CT molecular complexity index is 423. The van der Waals surface area contributed by atoms with Gasteiger partial charge in [-0.1, -0.05) is 0 Å². The van der Waals surface area contributed by atoms with Crippen LogP contribution in [0.2, 0.25) is 0 Å². The molecule has 0 saturated heterocycles. The molecule has 1 heterocycles. The fourth-order valence-corrected chi connectivity index (χ4v) is 1.45. The lowest BCUT2D eigenvalue weighted by molar-refractivity contribution is -0.385. The van der Waals surface area contributed by atoms with E-state index in [0.717, 1.165) is 6.54 Å². The van der Waals surface area contributed by atoms with Crippen molar-refractivity contribution in [2.24, 2.45) is 0 Å². The Morgan fingerprint density at radius 2 is 2.16 bits per heavy atom. The maximum Gasteiger partial charge on any atom is 0.290 e. The third-order valence-corrected chi connectivity index (χ3v) is 2.49. The van der Waals surface area contributed by atoms with Crippen molar-refractivity contribution in [3.63, 3.8) is 0 Å². The molecular weight excluding hydrogens is 248 g/mol. The summed E-state index contributed by atoms with van der Waals surface area (Å²) in [6.45, 7) is 4.39. The van der Waals surface area contributed by atoms with Crippen LogP contribution in [-0.4, -0.2) is 55.2 Å². The van der Waals surface area contributed by atoms with Gasteiger partial charge in [0.25, 0.3) is 5.69 Å². The van der Waals surface area contributed by atoms with Crippen LogP contribution < -0.4 is 5.32 Å². The highest BCUT2D eigenvalue weighted by atomic mass is 16.6. The van der Waals surface area contributed by atoms with Crippen LogP contribution in [0.5, 0.6) is 0 Å². The van der Waals surface area contributed by atoms with E-state index in [1.54, 1.807) is 13.0 Å². The molecule has 0 aliphatic carbocycles. The summed E-state index contributed by atoms with van der Waals surface area (Å²) in [5.41, 5.74) is 0.441. The molecule has 0 amide bonds. The van der Waals surface area contributed by atoms with Gasteiger partial charge in [0.05, 0.1) is 18.1 Å². The predicted molar refractivity (Wildman–Crippen MR) is 73.5 cm³/mol. The van der Waals surface area contributed by atoms with Crippen LogP contribution in [0.15, 0.2) is 12.1 Å². The molecule has 0 fully saturated rings. The first-order chi connectivity index (χ1) is 9.00. The summed E-state index contributed by atoms with van der Waals surface area (Å²) < 4.78 is 5.42. The maximum absolute atomic E-state index is 10.6. The fourth-order valence-electron chi connectivity index (χ4n) is 1.45. The van der Waals surface area contributed by atoms with Gasteiger partial charge in [0.2, 0.25) is 0 Å². The van der Waals surface area contributed by atoms with E-state index in [1.807, 2.05) is 14.1 Å². The molecule has 0 spiro atoms. The Morgan fingerprint density at radius 1 is 1.42 bits per heavy atom. The number of nitrogens with one attached hydrogen (secondary N) is 1. The summed E-state index contributed by atoms with van der Waals surface area (Å²) in [4.78, 5) is 16.4. The summed E-state index contributed by atoms with van der Waals surface area (Å²) in [6, 6.07) is 3.06. The molecule has 0 unspecified atom stereocenters. The molecule has 0 saturated carbocycles. The van der Waals surface area contributed by atoms with Crippen LogP contribution in [0.1, 0.15) is 5.69 Å². The minimum absolute atomic E-state index is 0.0350. The number of aromatic nitrogens is 1. The van der Waals surface area contributed by atoms with Gasteiger partial charge < -0.3 is 15.0 Å². The standard InChI is InChI=1S/C12H20N4O3/c1-10-11(16(17)18)4-5-12(14-10)13-6-8-19-9-7-15(2)3/h4-5H,6-9H2,1-3H3,(H,13,14). The van der Waals surface area contributed by atoms with E-state index in [1.165, 1.54) is 6.07 Å². The van der Waals surface area contributed by atoms with E-state index in [4.69, 9.17) is 4.74 Å². The summed E-state index contributed by atoms with van der Waals surface area (Å²) in [5, 5.41) is 13.7. The van der Waals surface area contributed by atoms with Gasteiger partial charge >= 0.3 is 0 Å². The summed E-state index contributed by atoms with van der Waals surface area (Å²) in [7, 11) is 3.98. The number of hydrogen-bond acceptors (Lipinski definition) is 6. The molecule has 1 rings (SSSR count). The van der Waals surface area contributed by atoms with Crippen LogP contribution in [0.3, 0.4) is 0 Å². The topological polar surface area (TPSA) is 80.5 Å². The van der Waals surface area contributed by atoms with Crippen LogP contribution in [0, 0.1) is 17.0 Å². The number of anilines is 1. The Morgan fingerprint density at radius 3 is 2.74 bits per heavy atom. The zero-order valence-corrected chi connectivity index (χ0v) is 11.5. The van der Waals surface area contributed by atoms with Crippen molar-refractivity contribution >= 4 is 11.5 Å². The van der Waals surface area contributed by atoms with Gasteiger partial charge in [0.1, 0.15) is 11.5 Å². The normalized spacial score (nSPS) is 10.7. The monoisotopic (exact) mass is 268 g/mol. The Balaban J connectivity index is 2.30. The van der Waals surface area contributed by atoms with E-state index in [0.29, 0.717) is 31.3 Å². The van der Waals surface area contributed by atoms with Crippen molar-refractivity contribution in [1.82, 2.24) is 9.88 Å². The molecule has 7 nitrogen and oxygen atoms in total. The molecule has 1 aromatic rings. The maximum atomic E-state index is 10.6. The van der Waals surface area contributed by atoms with Crippen LogP contribution in [0.25, 0.3) is 0 Å². The SMILES string of the molecule is Cc1nc(NCCOCCN(C)C)ccc1[N+](=O)[O-]. The van der Waals surface area contributed by atoms with Gasteiger partial charge in [0, 0.05) is 19.2 Å². The number of aryl methyl sites for hydroxylation is 1. The molecule has 0 atom stereocenters. The first-order valence-electron chi connectivity index (χ1n) is 6.09. The number of hydrogen-bond donors (Lipinski definition) is 1. The largest absolute Gasteiger partial charge is 0.378 e. The summed E-state index contributed by atoms with van der Waals surface area (Å²) in [5.74, 6) is 0.624. The number of pyridine rings is 1. The van der Waals surface area contributed by atoms with Gasteiger partial charge in [-0.15, -0.1) is 0 Å². The van der Waals surface area contributed by atoms with Crippen LogP contribution in [-0.2, 0) is 4.74 Å². The van der Waals surface area contributed by atoms with E-state index in [-0.39, 0.29) is 5.69 Å². The van der Waals surface area contributed by atoms with Crippen molar-refractivity contribution in [2.45, 2.75) is 6.92 Å². The average molecular weight is 268 g/mol. The number of likely N-dealkylation sites (N-methyl/N-ethyl adjacent to an activating group) is 1. The lowest BCUT2D eigenvalue weighted by atomic mass is 10.3. The molecule has 19 heavy (non-hydrogen) atoms. The van der Waals surface area contributed by atoms with Gasteiger partial charge in [-0.05, 0) is 27.1 Å². The molecular formula is C12H20N4O3. The fraction of sp³-hybridized carbons (Fsp3) is 0.583. The van der Waals surface area contributed by atoms with Crippen molar-refractivity contribution in [1.29, 1.82) is 0 Å². The molecule has 106 valence electrons. The van der Waals surface area contributed by atoms with Crippen molar-refractivity contribution < 1.29 is 9.66 Å². The Hall–Kier alpha value is -1.73. The van der Waals surface area contributed by atoms with Gasteiger partial charge in [-0.2, -0.15) is 0 Å². The second-order valence-corrected chi connectivity index (χ2v) is 4.40. The first-order valence-corrected chi connectivity index (χ1v) is 6.09. The average Bonchev–Trinajstić information content (AvgIpc) is 2.32. The number of nitrogens with zero attached hydrogens (tertiary/aromatic N) is 3. The molecule has 0 aromatic carbocycles. The Kier molecular flexibility index (Phi) is 6.17. The smallest absolute Gasteiger partial charge is 0.290 e. The lowest BCUT2D eigenvalue weighted by Gasteiger charge is -2.10. The zero-order chi connectivity index (χ0) is 14.3. The molecule has 7 heteroatoms. The van der Waals surface area contributed by atoms with Crippen molar-refractivity contribution in [2.75, 3.05) is 45.7 Å². The van der Waals surface area contributed by atoms with Gasteiger partial charge in [0.15, 0.2) is 0 Å². The molecule has 1 N–H and O–H groups in total. The second kappa shape index (κ2) is 7.65. The third-order valence-electron chi connectivity index (χ3n) is 2.49. The summed E-state index contributed by atoms with van der Waals surface area (Å²) in [6.07, 6.45) is 0. The molecule has 0 aliphatic rings.